The summed E-state index contributed by atoms with van der Waals surface area (Å²) >= 11 is 6.34. The minimum Gasteiger partial charge on any atom is -0.381 e. The maximum Gasteiger partial charge on any atom is 0.227 e. The van der Waals surface area contributed by atoms with Crippen LogP contribution in [0.15, 0.2) is 18.5 Å². The smallest absolute Gasteiger partial charge is 0.227 e. The van der Waals surface area contributed by atoms with Gasteiger partial charge in [0.05, 0.1) is 24.1 Å². The predicted molar refractivity (Wildman–Crippen MR) is 70.5 cm³/mol. The molecule has 1 N–H and O–H groups in total. The average molecular weight is 279 g/mol. The SMILES string of the molecule is Clc1c(Nc2n[c]ccn2)cnn1C1CCOCC1. The van der Waals surface area contributed by atoms with Crippen molar-refractivity contribution in [2.45, 2.75) is 18.9 Å². The first-order valence-electron chi connectivity index (χ1n) is 6.11. The van der Waals surface area contributed by atoms with Crippen LogP contribution in [0.25, 0.3) is 0 Å². The van der Waals surface area contributed by atoms with Crippen molar-refractivity contribution in [3.05, 3.63) is 29.8 Å². The molecule has 0 spiro atoms. The summed E-state index contributed by atoms with van der Waals surface area (Å²) in [5.74, 6) is 0.455. The van der Waals surface area contributed by atoms with Gasteiger partial charge in [-0.05, 0) is 18.9 Å². The molecule has 7 heteroatoms. The molecule has 1 aliphatic heterocycles. The van der Waals surface area contributed by atoms with Crippen LogP contribution in [0.3, 0.4) is 0 Å². The average Bonchev–Trinajstić information content (AvgIpc) is 2.82. The summed E-state index contributed by atoms with van der Waals surface area (Å²) in [6.07, 6.45) is 7.87. The van der Waals surface area contributed by atoms with Gasteiger partial charge in [-0.15, -0.1) is 0 Å². The van der Waals surface area contributed by atoms with E-state index < -0.39 is 0 Å². The van der Waals surface area contributed by atoms with E-state index in [2.05, 4.69) is 26.6 Å². The second-order valence-electron chi connectivity index (χ2n) is 4.27. The second-order valence-corrected chi connectivity index (χ2v) is 4.63. The number of rotatable bonds is 3. The Kier molecular flexibility index (Phi) is 3.61. The molecule has 6 nitrogen and oxygen atoms in total. The lowest BCUT2D eigenvalue weighted by Crippen LogP contribution is -2.20. The number of hydrogen-bond donors (Lipinski definition) is 1. The largest absolute Gasteiger partial charge is 0.381 e. The minimum absolute atomic E-state index is 0.292. The number of hydrogen-bond acceptors (Lipinski definition) is 5. The molecule has 0 saturated carbocycles. The molecule has 1 saturated heterocycles. The normalized spacial score (nSPS) is 16.5. The second kappa shape index (κ2) is 5.54. The van der Waals surface area contributed by atoms with Crippen LogP contribution in [0.5, 0.6) is 0 Å². The molecular weight excluding hydrogens is 266 g/mol. The predicted octanol–water partition coefficient (Wildman–Crippen LogP) is 2.22. The lowest BCUT2D eigenvalue weighted by atomic mass is 10.1. The van der Waals surface area contributed by atoms with E-state index in [1.54, 1.807) is 18.5 Å². The van der Waals surface area contributed by atoms with Gasteiger partial charge in [-0.25, -0.2) is 14.6 Å². The molecule has 99 valence electrons. The Bertz CT molecular complexity index is 538. The van der Waals surface area contributed by atoms with Crippen molar-refractivity contribution < 1.29 is 4.74 Å². The van der Waals surface area contributed by atoms with E-state index in [1.807, 2.05) is 4.68 Å². The summed E-state index contributed by atoms with van der Waals surface area (Å²) in [4.78, 5) is 8.04. The Morgan fingerprint density at radius 3 is 3.00 bits per heavy atom. The number of ether oxygens (including phenoxy) is 1. The molecule has 3 rings (SSSR count). The lowest BCUT2D eigenvalue weighted by Gasteiger charge is -2.23. The number of anilines is 2. The van der Waals surface area contributed by atoms with E-state index in [1.165, 1.54) is 0 Å². The maximum atomic E-state index is 6.34. The van der Waals surface area contributed by atoms with Crippen LogP contribution < -0.4 is 5.32 Å². The molecule has 1 fully saturated rings. The van der Waals surface area contributed by atoms with Gasteiger partial charge in [0, 0.05) is 19.4 Å². The topological polar surface area (TPSA) is 64.9 Å². The number of aromatic nitrogens is 4. The van der Waals surface area contributed by atoms with E-state index in [4.69, 9.17) is 16.3 Å². The van der Waals surface area contributed by atoms with Gasteiger partial charge in [0.1, 0.15) is 0 Å². The van der Waals surface area contributed by atoms with Gasteiger partial charge in [0.15, 0.2) is 5.15 Å². The van der Waals surface area contributed by atoms with Crippen LogP contribution in [0.4, 0.5) is 11.6 Å². The van der Waals surface area contributed by atoms with Gasteiger partial charge >= 0.3 is 0 Å². The van der Waals surface area contributed by atoms with E-state index in [-0.39, 0.29) is 0 Å². The quantitative estimate of drug-likeness (QED) is 0.933. The van der Waals surface area contributed by atoms with E-state index in [0.29, 0.717) is 22.8 Å². The Balaban J connectivity index is 1.78. The number of nitrogens with one attached hydrogen (secondary N) is 1. The molecule has 0 atom stereocenters. The summed E-state index contributed by atoms with van der Waals surface area (Å²) in [5, 5.41) is 7.94. The lowest BCUT2D eigenvalue weighted by molar-refractivity contribution is 0.0663. The first kappa shape index (κ1) is 12.4. The first-order chi connectivity index (χ1) is 9.34. The molecule has 2 aromatic heterocycles. The van der Waals surface area contributed by atoms with Gasteiger partial charge in [-0.3, -0.25) is 0 Å². The van der Waals surface area contributed by atoms with Crippen LogP contribution in [-0.2, 0) is 4.74 Å². The van der Waals surface area contributed by atoms with Crippen LogP contribution >= 0.6 is 11.6 Å². The summed E-state index contributed by atoms with van der Waals surface area (Å²) in [6.45, 7) is 1.50. The van der Waals surface area contributed by atoms with Gasteiger partial charge in [0.2, 0.25) is 5.95 Å². The van der Waals surface area contributed by atoms with Crippen molar-refractivity contribution in [1.82, 2.24) is 19.7 Å². The summed E-state index contributed by atoms with van der Waals surface area (Å²) < 4.78 is 7.17. The van der Waals surface area contributed by atoms with Crippen LogP contribution in [-0.4, -0.2) is 33.0 Å². The molecule has 0 bridgehead atoms. The summed E-state index contributed by atoms with van der Waals surface area (Å²) in [6, 6.07) is 1.93. The minimum atomic E-state index is 0.292. The summed E-state index contributed by atoms with van der Waals surface area (Å²) in [7, 11) is 0. The third-order valence-electron chi connectivity index (χ3n) is 3.03. The molecule has 3 heterocycles. The van der Waals surface area contributed by atoms with Crippen molar-refractivity contribution >= 4 is 23.2 Å². The van der Waals surface area contributed by atoms with Crippen LogP contribution in [0, 0.1) is 6.20 Å². The number of halogens is 1. The molecular formula is C12H13ClN5O. The fourth-order valence-corrected chi connectivity index (χ4v) is 2.34. The van der Waals surface area contributed by atoms with E-state index >= 15 is 0 Å². The highest BCUT2D eigenvalue weighted by molar-refractivity contribution is 6.32. The van der Waals surface area contributed by atoms with Gasteiger partial charge in [0.25, 0.3) is 0 Å². The number of nitrogens with zero attached hydrogens (tertiary/aromatic N) is 4. The van der Waals surface area contributed by atoms with Crippen molar-refractivity contribution in [2.24, 2.45) is 0 Å². The molecule has 0 aromatic carbocycles. The molecule has 1 radical (unpaired) electrons. The third kappa shape index (κ3) is 2.69. The third-order valence-corrected chi connectivity index (χ3v) is 3.41. The van der Waals surface area contributed by atoms with Gasteiger partial charge in [-0.2, -0.15) is 5.10 Å². The van der Waals surface area contributed by atoms with Crippen LogP contribution in [0.1, 0.15) is 18.9 Å². The molecule has 2 aromatic rings. The maximum absolute atomic E-state index is 6.34. The molecule has 1 aliphatic rings. The zero-order chi connectivity index (χ0) is 13.1. The Morgan fingerprint density at radius 2 is 2.26 bits per heavy atom. The molecule has 0 aliphatic carbocycles. The highest BCUT2D eigenvalue weighted by Crippen LogP contribution is 2.30. The van der Waals surface area contributed by atoms with Crippen molar-refractivity contribution in [1.29, 1.82) is 0 Å². The molecule has 0 unspecified atom stereocenters. The fraction of sp³-hybridized carbons (Fsp3) is 0.417. The summed E-state index contributed by atoms with van der Waals surface area (Å²) in [5.41, 5.74) is 0.702. The monoisotopic (exact) mass is 278 g/mol. The van der Waals surface area contributed by atoms with Crippen molar-refractivity contribution in [3.8, 4) is 0 Å². The highest BCUT2D eigenvalue weighted by atomic mass is 35.5. The Morgan fingerprint density at radius 1 is 1.42 bits per heavy atom. The van der Waals surface area contributed by atoms with Crippen molar-refractivity contribution in [3.63, 3.8) is 0 Å². The first-order valence-corrected chi connectivity index (χ1v) is 6.49. The highest BCUT2D eigenvalue weighted by Gasteiger charge is 2.20. The van der Waals surface area contributed by atoms with Crippen LogP contribution in [0.2, 0.25) is 5.15 Å². The fourth-order valence-electron chi connectivity index (χ4n) is 2.06. The van der Waals surface area contributed by atoms with E-state index in [9.17, 15) is 0 Å². The Labute approximate surface area is 115 Å². The standard InChI is InChI=1S/C12H13ClN5O/c13-11-10(17-12-14-4-1-5-15-12)8-16-18(11)9-2-6-19-7-3-9/h1,4,8-9H,2-3,6-7H2,(H,14,15,17). The zero-order valence-corrected chi connectivity index (χ0v) is 11.0. The van der Waals surface area contributed by atoms with Crippen molar-refractivity contribution in [2.75, 3.05) is 18.5 Å². The molecule has 0 amide bonds. The van der Waals surface area contributed by atoms with Gasteiger partial charge in [-0.1, -0.05) is 11.6 Å². The van der Waals surface area contributed by atoms with E-state index in [0.717, 1.165) is 26.1 Å². The molecule has 19 heavy (non-hydrogen) atoms. The van der Waals surface area contributed by atoms with Gasteiger partial charge < -0.3 is 10.1 Å². The Hall–Kier alpha value is -1.66. The zero-order valence-electron chi connectivity index (χ0n) is 10.2.